The largest absolute Gasteiger partial charge is 0.369 e. The summed E-state index contributed by atoms with van der Waals surface area (Å²) in [6.07, 6.45) is 4.32. The molecular formula is C11H13ClN6S. The summed E-state index contributed by atoms with van der Waals surface area (Å²) in [5.41, 5.74) is 8.60. The maximum atomic E-state index is 5.52. The average Bonchev–Trinajstić information content (AvgIpc) is 3.04. The Labute approximate surface area is 120 Å². The van der Waals surface area contributed by atoms with E-state index in [1.807, 2.05) is 10.9 Å². The number of aromatic amines is 1. The number of nitrogen functional groups attached to an aromatic ring is 1. The predicted octanol–water partition coefficient (Wildman–Crippen LogP) is 1.71. The highest BCUT2D eigenvalue weighted by atomic mass is 35.5. The lowest BCUT2D eigenvalue weighted by atomic mass is 10.3. The van der Waals surface area contributed by atoms with E-state index < -0.39 is 0 Å². The molecule has 0 aliphatic rings. The van der Waals surface area contributed by atoms with E-state index in [9.17, 15) is 0 Å². The van der Waals surface area contributed by atoms with Crippen molar-refractivity contribution in [3.63, 3.8) is 0 Å². The zero-order valence-corrected chi connectivity index (χ0v) is 11.6. The van der Waals surface area contributed by atoms with Gasteiger partial charge >= 0.3 is 0 Å². The predicted molar refractivity (Wildman–Crippen MR) is 76.5 cm³/mol. The number of nitrogens with one attached hydrogen (secondary N) is 1. The van der Waals surface area contributed by atoms with Crippen molar-refractivity contribution in [3.05, 3.63) is 46.2 Å². The summed E-state index contributed by atoms with van der Waals surface area (Å²) < 4.78 is 1.83. The topological polar surface area (TPSA) is 85.4 Å². The Balaban J connectivity index is 0.00000133. The Bertz CT molecular complexity index is 629. The van der Waals surface area contributed by atoms with Crippen molar-refractivity contribution in [1.82, 2.24) is 25.0 Å². The minimum absolute atomic E-state index is 0. The number of halogens is 1. The number of imidazole rings is 1. The van der Waals surface area contributed by atoms with Crippen LogP contribution < -0.4 is 5.73 Å². The summed E-state index contributed by atoms with van der Waals surface area (Å²) in [5.74, 6) is 0.427. The number of rotatable bonds is 4. The Morgan fingerprint density at radius 3 is 3.00 bits per heavy atom. The van der Waals surface area contributed by atoms with Gasteiger partial charge in [-0.15, -0.1) is 17.5 Å². The molecule has 3 rings (SSSR count). The van der Waals surface area contributed by atoms with Gasteiger partial charge in [-0.3, -0.25) is 0 Å². The van der Waals surface area contributed by atoms with Gasteiger partial charge in [-0.25, -0.2) is 9.67 Å². The van der Waals surface area contributed by atoms with E-state index in [-0.39, 0.29) is 12.4 Å². The molecule has 0 atom stereocenters. The molecule has 0 aliphatic heterocycles. The second-order valence-electron chi connectivity index (χ2n) is 4.01. The average molecular weight is 297 g/mol. The number of nitrogens with zero attached hydrogens (tertiary/aromatic N) is 4. The number of nitrogens with two attached hydrogens (primary N) is 1. The van der Waals surface area contributed by atoms with Crippen molar-refractivity contribution in [2.24, 2.45) is 0 Å². The van der Waals surface area contributed by atoms with E-state index in [1.54, 1.807) is 17.5 Å². The molecule has 19 heavy (non-hydrogen) atoms. The first-order valence-electron chi connectivity index (χ1n) is 5.49. The highest BCUT2D eigenvalue weighted by Gasteiger charge is 2.05. The minimum Gasteiger partial charge on any atom is -0.369 e. The molecule has 8 heteroatoms. The van der Waals surface area contributed by atoms with E-state index in [2.05, 4.69) is 37.1 Å². The van der Waals surface area contributed by atoms with Crippen LogP contribution in [0.1, 0.15) is 17.0 Å². The lowest BCUT2D eigenvalue weighted by molar-refractivity contribution is 0.650. The van der Waals surface area contributed by atoms with Crippen LogP contribution in [0.2, 0.25) is 0 Å². The molecule has 0 unspecified atom stereocenters. The van der Waals surface area contributed by atoms with Crippen LogP contribution >= 0.6 is 23.7 Å². The molecule has 0 amide bonds. The fraction of sp³-hybridized carbons (Fsp3) is 0.182. The second kappa shape index (κ2) is 5.85. The summed E-state index contributed by atoms with van der Waals surface area (Å²) >= 11 is 1.68. The van der Waals surface area contributed by atoms with Crippen LogP contribution in [0.3, 0.4) is 0 Å². The van der Waals surface area contributed by atoms with Crippen molar-refractivity contribution in [2.45, 2.75) is 13.0 Å². The van der Waals surface area contributed by atoms with Crippen LogP contribution in [-0.4, -0.2) is 25.0 Å². The molecule has 3 aromatic rings. The van der Waals surface area contributed by atoms with Crippen molar-refractivity contribution in [1.29, 1.82) is 0 Å². The molecule has 0 radical (unpaired) electrons. The minimum atomic E-state index is 0. The molecule has 0 saturated carbocycles. The third kappa shape index (κ3) is 3.33. The lowest BCUT2D eigenvalue weighted by Gasteiger charge is -1.95. The zero-order valence-electron chi connectivity index (χ0n) is 9.98. The lowest BCUT2D eigenvalue weighted by Crippen LogP contribution is -1.98. The van der Waals surface area contributed by atoms with Crippen LogP contribution in [-0.2, 0) is 13.0 Å². The molecular weight excluding hydrogens is 284 g/mol. The molecule has 6 nitrogen and oxygen atoms in total. The molecule has 0 saturated heterocycles. The first-order chi connectivity index (χ1) is 8.79. The third-order valence-corrected chi connectivity index (χ3v) is 3.26. The fourth-order valence-electron chi connectivity index (χ4n) is 1.73. The summed E-state index contributed by atoms with van der Waals surface area (Å²) in [7, 11) is 0. The highest BCUT2D eigenvalue weighted by Crippen LogP contribution is 2.09. The van der Waals surface area contributed by atoms with Gasteiger partial charge in [0, 0.05) is 18.3 Å². The maximum absolute atomic E-state index is 5.52. The summed E-state index contributed by atoms with van der Waals surface area (Å²) in [6, 6.07) is 2.08. The van der Waals surface area contributed by atoms with Crippen molar-refractivity contribution >= 4 is 29.7 Å². The van der Waals surface area contributed by atoms with Crippen LogP contribution in [0.25, 0.3) is 0 Å². The summed E-state index contributed by atoms with van der Waals surface area (Å²) in [5, 5.41) is 12.4. The molecule has 100 valence electrons. The summed E-state index contributed by atoms with van der Waals surface area (Å²) in [4.78, 5) is 6.92. The molecule has 3 aromatic heterocycles. The molecule has 0 spiro atoms. The van der Waals surface area contributed by atoms with Crippen molar-refractivity contribution < 1.29 is 0 Å². The number of H-pyrrole nitrogens is 1. The number of thiophene rings is 1. The Hall–Kier alpha value is -1.86. The molecule has 0 aromatic carbocycles. The third-order valence-electron chi connectivity index (χ3n) is 2.53. The van der Waals surface area contributed by atoms with Gasteiger partial charge in [-0.05, 0) is 22.4 Å². The Kier molecular flexibility index (Phi) is 4.18. The number of hydrogen-bond acceptors (Lipinski definition) is 5. The normalized spacial score (nSPS) is 10.3. The Morgan fingerprint density at radius 2 is 2.32 bits per heavy atom. The van der Waals surface area contributed by atoms with Gasteiger partial charge in [-0.1, -0.05) is 5.21 Å². The first kappa shape index (κ1) is 13.6. The van der Waals surface area contributed by atoms with E-state index in [1.165, 1.54) is 5.56 Å². The number of aromatic nitrogens is 5. The van der Waals surface area contributed by atoms with Gasteiger partial charge in [0.2, 0.25) is 0 Å². The van der Waals surface area contributed by atoms with Crippen molar-refractivity contribution in [2.75, 3.05) is 5.73 Å². The van der Waals surface area contributed by atoms with E-state index in [0.717, 1.165) is 17.9 Å². The van der Waals surface area contributed by atoms with Gasteiger partial charge in [0.1, 0.15) is 0 Å². The SMILES string of the molecule is Cl.Nc1ncc(Cc2cn(Cc3ccsc3)nn2)[nH]1. The van der Waals surface area contributed by atoms with Crippen LogP contribution in [0.15, 0.2) is 29.2 Å². The van der Waals surface area contributed by atoms with Crippen molar-refractivity contribution in [3.8, 4) is 0 Å². The standard InChI is InChI=1S/C11H12N6S.ClH/c12-11-13-4-9(14-11)3-10-6-17(16-15-10)5-8-1-2-18-7-8;/h1-2,4,6-7H,3,5H2,(H3,12,13,14);1H. The Morgan fingerprint density at radius 1 is 1.42 bits per heavy atom. The van der Waals surface area contributed by atoms with Crippen LogP contribution in [0.4, 0.5) is 5.95 Å². The van der Waals surface area contributed by atoms with E-state index in [4.69, 9.17) is 5.73 Å². The second-order valence-corrected chi connectivity index (χ2v) is 4.79. The number of hydrogen-bond donors (Lipinski definition) is 2. The van der Waals surface area contributed by atoms with E-state index >= 15 is 0 Å². The quantitative estimate of drug-likeness (QED) is 0.767. The molecule has 3 heterocycles. The van der Waals surface area contributed by atoms with Gasteiger partial charge in [-0.2, -0.15) is 11.3 Å². The van der Waals surface area contributed by atoms with Gasteiger partial charge in [0.05, 0.1) is 18.4 Å². The van der Waals surface area contributed by atoms with E-state index in [0.29, 0.717) is 12.4 Å². The van der Waals surface area contributed by atoms with Crippen LogP contribution in [0, 0.1) is 0 Å². The fourth-order valence-corrected chi connectivity index (χ4v) is 2.39. The first-order valence-corrected chi connectivity index (χ1v) is 6.43. The smallest absolute Gasteiger partial charge is 0.197 e. The summed E-state index contributed by atoms with van der Waals surface area (Å²) in [6.45, 7) is 0.752. The molecule has 3 N–H and O–H groups in total. The monoisotopic (exact) mass is 296 g/mol. The number of anilines is 1. The van der Waals surface area contributed by atoms with Gasteiger partial charge < -0.3 is 10.7 Å². The molecule has 0 bridgehead atoms. The molecule has 0 aliphatic carbocycles. The van der Waals surface area contributed by atoms with Gasteiger partial charge in [0.15, 0.2) is 5.95 Å². The highest BCUT2D eigenvalue weighted by molar-refractivity contribution is 7.07. The molecule has 0 fully saturated rings. The maximum Gasteiger partial charge on any atom is 0.197 e. The van der Waals surface area contributed by atoms with Crippen LogP contribution in [0.5, 0.6) is 0 Å². The zero-order chi connectivity index (χ0) is 12.4. The van der Waals surface area contributed by atoms with Gasteiger partial charge in [0.25, 0.3) is 0 Å².